The summed E-state index contributed by atoms with van der Waals surface area (Å²) in [5, 5.41) is 0. The second-order valence-corrected chi connectivity index (χ2v) is 5.07. The molecule has 0 spiro atoms. The van der Waals surface area contributed by atoms with Crippen LogP contribution in [0.2, 0.25) is 0 Å². The van der Waals surface area contributed by atoms with Gasteiger partial charge >= 0.3 is 0 Å². The smallest absolute Gasteiger partial charge is 0.134 e. The minimum Gasteiger partial charge on any atom is -0.300 e. The predicted molar refractivity (Wildman–Crippen MR) is 69.7 cm³/mol. The number of ketones is 1. The molecule has 2 unspecified atom stereocenters. The molecule has 1 saturated heterocycles. The fraction of sp³-hybridized carbons (Fsp3) is 0.533. The number of hydrogen-bond donors (Lipinski definition) is 0. The Kier molecular flexibility index (Phi) is 3.95. The molecule has 0 aliphatic carbocycles. The first-order valence-corrected chi connectivity index (χ1v) is 6.47. The van der Waals surface area contributed by atoms with Gasteiger partial charge in [-0.2, -0.15) is 0 Å². The van der Waals surface area contributed by atoms with Crippen molar-refractivity contribution in [2.24, 2.45) is 11.8 Å². The number of rotatable bonds is 4. The van der Waals surface area contributed by atoms with Crippen LogP contribution in [-0.2, 0) is 11.3 Å². The fourth-order valence-electron chi connectivity index (χ4n) is 2.81. The average molecular weight is 231 g/mol. The Balaban J connectivity index is 1.99. The van der Waals surface area contributed by atoms with E-state index in [-0.39, 0.29) is 5.92 Å². The molecule has 2 heteroatoms. The number of carbonyl (C=O) groups is 1. The van der Waals surface area contributed by atoms with Crippen molar-refractivity contribution in [3.8, 4) is 0 Å². The Morgan fingerprint density at radius 3 is 2.53 bits per heavy atom. The summed E-state index contributed by atoms with van der Waals surface area (Å²) in [7, 11) is 0. The highest BCUT2D eigenvalue weighted by Gasteiger charge is 2.34. The van der Waals surface area contributed by atoms with Gasteiger partial charge in [-0.15, -0.1) is 0 Å². The first-order valence-electron chi connectivity index (χ1n) is 6.47. The van der Waals surface area contributed by atoms with Gasteiger partial charge in [0.1, 0.15) is 5.78 Å². The van der Waals surface area contributed by atoms with E-state index in [2.05, 4.69) is 36.1 Å². The first kappa shape index (κ1) is 12.3. The molecule has 0 saturated carbocycles. The van der Waals surface area contributed by atoms with Gasteiger partial charge in [0.15, 0.2) is 0 Å². The summed E-state index contributed by atoms with van der Waals surface area (Å²) < 4.78 is 0. The van der Waals surface area contributed by atoms with Crippen molar-refractivity contribution in [3.63, 3.8) is 0 Å². The third-order valence-corrected chi connectivity index (χ3v) is 3.81. The zero-order chi connectivity index (χ0) is 12.3. The van der Waals surface area contributed by atoms with Crippen molar-refractivity contribution < 1.29 is 4.79 Å². The lowest BCUT2D eigenvalue weighted by Crippen LogP contribution is -2.22. The molecule has 2 atom stereocenters. The van der Waals surface area contributed by atoms with Crippen LogP contribution in [0.3, 0.4) is 0 Å². The van der Waals surface area contributed by atoms with Crippen molar-refractivity contribution in [1.82, 2.24) is 4.90 Å². The molecule has 0 amide bonds. The lowest BCUT2D eigenvalue weighted by atomic mass is 9.91. The topological polar surface area (TPSA) is 20.3 Å². The van der Waals surface area contributed by atoms with E-state index >= 15 is 0 Å². The number of carbonyl (C=O) groups excluding carboxylic acids is 1. The normalized spacial score (nSPS) is 25.1. The maximum atomic E-state index is 11.6. The molecule has 0 aromatic heterocycles. The minimum absolute atomic E-state index is 0.253. The lowest BCUT2D eigenvalue weighted by Gasteiger charge is -2.15. The lowest BCUT2D eigenvalue weighted by molar-refractivity contribution is -0.121. The van der Waals surface area contributed by atoms with E-state index in [4.69, 9.17) is 0 Å². The molecule has 1 aromatic rings. The minimum atomic E-state index is 0.253. The van der Waals surface area contributed by atoms with Crippen LogP contribution in [0.25, 0.3) is 0 Å². The highest BCUT2D eigenvalue weighted by molar-refractivity contribution is 5.79. The Bertz CT molecular complexity index is 374. The van der Waals surface area contributed by atoms with Crippen LogP contribution < -0.4 is 0 Å². The van der Waals surface area contributed by atoms with Gasteiger partial charge in [-0.3, -0.25) is 9.69 Å². The van der Waals surface area contributed by atoms with Crippen LogP contribution in [0.1, 0.15) is 25.8 Å². The van der Waals surface area contributed by atoms with E-state index < -0.39 is 0 Å². The summed E-state index contributed by atoms with van der Waals surface area (Å²) in [5.41, 5.74) is 1.34. The predicted octanol–water partition coefficient (Wildman–Crippen LogP) is 2.73. The van der Waals surface area contributed by atoms with E-state index in [0.717, 1.165) is 26.1 Å². The zero-order valence-corrected chi connectivity index (χ0v) is 10.7. The SMILES string of the molecule is CCC1CN(Cc2ccccc2)CC1C(C)=O. The van der Waals surface area contributed by atoms with Crippen LogP contribution in [0.4, 0.5) is 0 Å². The summed E-state index contributed by atoms with van der Waals surface area (Å²) >= 11 is 0. The summed E-state index contributed by atoms with van der Waals surface area (Å²) in [5.74, 6) is 1.16. The zero-order valence-electron chi connectivity index (χ0n) is 10.7. The molecule has 1 aliphatic rings. The number of benzene rings is 1. The van der Waals surface area contributed by atoms with Crippen LogP contribution in [-0.4, -0.2) is 23.8 Å². The quantitative estimate of drug-likeness (QED) is 0.794. The maximum absolute atomic E-state index is 11.6. The van der Waals surface area contributed by atoms with Gasteiger partial charge in [-0.25, -0.2) is 0 Å². The Labute approximate surface area is 104 Å². The molecule has 17 heavy (non-hydrogen) atoms. The molecule has 0 bridgehead atoms. The Morgan fingerprint density at radius 1 is 1.29 bits per heavy atom. The second-order valence-electron chi connectivity index (χ2n) is 5.07. The van der Waals surface area contributed by atoms with Crippen molar-refractivity contribution in [2.45, 2.75) is 26.8 Å². The van der Waals surface area contributed by atoms with E-state index in [1.165, 1.54) is 5.56 Å². The number of hydrogen-bond acceptors (Lipinski definition) is 2. The van der Waals surface area contributed by atoms with E-state index in [1.807, 2.05) is 6.07 Å². The van der Waals surface area contributed by atoms with Crippen molar-refractivity contribution in [3.05, 3.63) is 35.9 Å². The van der Waals surface area contributed by atoms with Crippen LogP contribution in [0, 0.1) is 11.8 Å². The molecule has 0 radical (unpaired) electrons. The molecule has 1 heterocycles. The van der Waals surface area contributed by atoms with Gasteiger partial charge in [0.25, 0.3) is 0 Å². The number of nitrogens with zero attached hydrogens (tertiary/aromatic N) is 1. The molecular formula is C15H21NO. The Hall–Kier alpha value is -1.15. The second kappa shape index (κ2) is 5.46. The third kappa shape index (κ3) is 2.95. The molecule has 1 aliphatic heterocycles. The van der Waals surface area contributed by atoms with Crippen LogP contribution in [0.15, 0.2) is 30.3 Å². The van der Waals surface area contributed by atoms with Gasteiger partial charge in [-0.05, 0) is 18.4 Å². The summed E-state index contributed by atoms with van der Waals surface area (Å²) in [6.45, 7) is 6.89. The summed E-state index contributed by atoms with van der Waals surface area (Å²) in [6, 6.07) is 10.5. The highest BCUT2D eigenvalue weighted by Crippen LogP contribution is 2.27. The van der Waals surface area contributed by atoms with Crippen molar-refractivity contribution >= 4 is 5.78 Å². The number of likely N-dealkylation sites (tertiary alicyclic amines) is 1. The highest BCUT2D eigenvalue weighted by atomic mass is 16.1. The van der Waals surface area contributed by atoms with Gasteiger partial charge < -0.3 is 0 Å². The molecule has 1 fully saturated rings. The first-order chi connectivity index (χ1) is 8.20. The molecule has 2 nitrogen and oxygen atoms in total. The summed E-state index contributed by atoms with van der Waals surface area (Å²) in [6.07, 6.45) is 1.11. The van der Waals surface area contributed by atoms with Crippen molar-refractivity contribution in [1.29, 1.82) is 0 Å². The van der Waals surface area contributed by atoms with Gasteiger partial charge in [0, 0.05) is 25.6 Å². The molecule has 92 valence electrons. The van der Waals surface area contributed by atoms with Crippen LogP contribution >= 0.6 is 0 Å². The fourth-order valence-corrected chi connectivity index (χ4v) is 2.81. The molecule has 0 N–H and O–H groups in total. The van der Waals surface area contributed by atoms with Gasteiger partial charge in [-0.1, -0.05) is 43.7 Å². The van der Waals surface area contributed by atoms with Crippen molar-refractivity contribution in [2.75, 3.05) is 13.1 Å². The van der Waals surface area contributed by atoms with Gasteiger partial charge in [0.05, 0.1) is 0 Å². The number of Topliss-reactive ketones (excluding diaryl/α,β-unsaturated/α-hetero) is 1. The molecule has 2 rings (SSSR count). The maximum Gasteiger partial charge on any atom is 0.134 e. The average Bonchev–Trinajstić information content (AvgIpc) is 2.73. The standard InChI is InChI=1S/C15H21NO/c1-3-14-10-16(11-15(14)12(2)17)9-13-7-5-4-6-8-13/h4-8,14-15H,3,9-11H2,1-2H3. The Morgan fingerprint density at radius 2 is 2.00 bits per heavy atom. The molecule has 1 aromatic carbocycles. The van der Waals surface area contributed by atoms with E-state index in [1.54, 1.807) is 6.92 Å². The third-order valence-electron chi connectivity index (χ3n) is 3.81. The van der Waals surface area contributed by atoms with E-state index in [0.29, 0.717) is 11.7 Å². The van der Waals surface area contributed by atoms with E-state index in [9.17, 15) is 4.79 Å². The molecular weight excluding hydrogens is 210 g/mol. The van der Waals surface area contributed by atoms with Crippen LogP contribution in [0.5, 0.6) is 0 Å². The summed E-state index contributed by atoms with van der Waals surface area (Å²) in [4.78, 5) is 14.0. The largest absolute Gasteiger partial charge is 0.300 e. The monoisotopic (exact) mass is 231 g/mol. The van der Waals surface area contributed by atoms with Gasteiger partial charge in [0.2, 0.25) is 0 Å².